The third-order valence-electron chi connectivity index (χ3n) is 5.73. The number of pyridine rings is 1. The molecule has 6 nitrogen and oxygen atoms in total. The highest BCUT2D eigenvalue weighted by Gasteiger charge is 2.32. The first-order valence-corrected chi connectivity index (χ1v) is 10.3. The van der Waals surface area contributed by atoms with Gasteiger partial charge in [0.15, 0.2) is 5.78 Å². The summed E-state index contributed by atoms with van der Waals surface area (Å²) in [6.45, 7) is -0.000266. The largest absolute Gasteiger partial charge is 0.497 e. The average Bonchev–Trinajstić information content (AvgIpc) is 3.13. The first-order chi connectivity index (χ1) is 15.6. The normalized spacial score (nSPS) is 13.0. The van der Waals surface area contributed by atoms with Crippen molar-refractivity contribution in [2.75, 3.05) is 13.7 Å². The van der Waals surface area contributed by atoms with Crippen LogP contribution in [0.3, 0.4) is 0 Å². The number of hydrogen-bond acceptors (Lipinski definition) is 5. The van der Waals surface area contributed by atoms with Crippen molar-refractivity contribution in [3.8, 4) is 22.8 Å². The maximum atomic E-state index is 13.4. The molecule has 0 fully saturated rings. The maximum Gasteiger partial charge on any atom is 0.259 e. The first-order valence-electron chi connectivity index (χ1n) is 10.3. The molecule has 0 spiro atoms. The van der Waals surface area contributed by atoms with Crippen molar-refractivity contribution in [3.63, 3.8) is 0 Å². The van der Waals surface area contributed by atoms with Crippen LogP contribution in [0.1, 0.15) is 15.9 Å². The van der Waals surface area contributed by atoms with Crippen LogP contribution in [-0.2, 0) is 6.54 Å². The topological polar surface area (TPSA) is 77.8 Å². The lowest BCUT2D eigenvalue weighted by atomic mass is 10.0. The second-order valence-electron chi connectivity index (χ2n) is 7.70. The van der Waals surface area contributed by atoms with Gasteiger partial charge in [0.1, 0.15) is 24.2 Å². The Bertz CT molecular complexity index is 1390. The van der Waals surface area contributed by atoms with Gasteiger partial charge < -0.3 is 19.1 Å². The fourth-order valence-electron chi connectivity index (χ4n) is 4.23. The van der Waals surface area contributed by atoms with E-state index in [0.29, 0.717) is 44.7 Å². The van der Waals surface area contributed by atoms with E-state index in [4.69, 9.17) is 9.47 Å². The Morgan fingerprint density at radius 2 is 1.47 bits per heavy atom. The number of ketones is 1. The number of fused-ring (bicyclic) bond motifs is 5. The number of ether oxygens (including phenoxy) is 2. The van der Waals surface area contributed by atoms with Gasteiger partial charge >= 0.3 is 0 Å². The van der Waals surface area contributed by atoms with Gasteiger partial charge in [0.25, 0.3) is 5.56 Å². The van der Waals surface area contributed by atoms with E-state index >= 15 is 0 Å². The minimum absolute atomic E-state index is 0.00374. The Morgan fingerprint density at radius 1 is 0.844 bits per heavy atom. The number of methoxy groups -OCH3 is 1. The smallest absolute Gasteiger partial charge is 0.259 e. The van der Waals surface area contributed by atoms with Gasteiger partial charge in [-0.15, -0.1) is 0 Å². The molecule has 0 saturated heterocycles. The predicted octanol–water partition coefficient (Wildman–Crippen LogP) is 3.66. The minimum Gasteiger partial charge on any atom is -0.497 e. The van der Waals surface area contributed by atoms with Crippen molar-refractivity contribution in [2.45, 2.75) is 12.6 Å². The highest BCUT2D eigenvalue weighted by molar-refractivity contribution is 6.26. The van der Waals surface area contributed by atoms with Crippen LogP contribution >= 0.6 is 0 Å². The zero-order valence-corrected chi connectivity index (χ0v) is 17.4. The molecule has 1 aromatic heterocycles. The molecule has 32 heavy (non-hydrogen) atoms. The highest BCUT2D eigenvalue weighted by atomic mass is 16.5. The van der Waals surface area contributed by atoms with Crippen molar-refractivity contribution in [3.05, 3.63) is 94.3 Å². The Morgan fingerprint density at radius 3 is 2.19 bits per heavy atom. The summed E-state index contributed by atoms with van der Waals surface area (Å²) in [5.74, 6) is 1.19. The second kappa shape index (κ2) is 7.98. The van der Waals surface area contributed by atoms with E-state index < -0.39 is 6.10 Å². The molecule has 160 valence electrons. The Kier molecular flexibility index (Phi) is 4.99. The SMILES string of the molecule is COc1ccc(OCC(O)Cn2c3c(c4ccccc4c2=O)C(=O)c2ccccc2-3)cc1. The second-order valence-corrected chi connectivity index (χ2v) is 7.70. The monoisotopic (exact) mass is 427 g/mol. The lowest BCUT2D eigenvalue weighted by Crippen LogP contribution is -2.31. The summed E-state index contributed by atoms with van der Waals surface area (Å²) in [4.78, 5) is 26.6. The van der Waals surface area contributed by atoms with Crippen LogP contribution in [0.25, 0.3) is 22.0 Å². The Balaban J connectivity index is 1.52. The van der Waals surface area contributed by atoms with Gasteiger partial charge in [-0.1, -0.05) is 42.5 Å². The first kappa shape index (κ1) is 20.0. The lowest BCUT2D eigenvalue weighted by Gasteiger charge is -2.18. The summed E-state index contributed by atoms with van der Waals surface area (Å²) in [6.07, 6.45) is -0.956. The fourth-order valence-corrected chi connectivity index (χ4v) is 4.23. The molecule has 0 radical (unpaired) electrons. The number of aromatic nitrogens is 1. The van der Waals surface area contributed by atoms with Gasteiger partial charge in [0.05, 0.1) is 24.9 Å². The molecule has 1 aliphatic rings. The van der Waals surface area contributed by atoms with E-state index in [1.165, 1.54) is 4.57 Å². The van der Waals surface area contributed by atoms with Gasteiger partial charge in [0, 0.05) is 21.9 Å². The summed E-state index contributed by atoms with van der Waals surface area (Å²) >= 11 is 0. The minimum atomic E-state index is -0.956. The van der Waals surface area contributed by atoms with Crippen molar-refractivity contribution in [1.82, 2.24) is 4.57 Å². The molecule has 1 N–H and O–H groups in total. The number of hydrogen-bond donors (Lipinski definition) is 1. The quantitative estimate of drug-likeness (QED) is 0.448. The van der Waals surface area contributed by atoms with Crippen LogP contribution in [0, 0.1) is 0 Å². The molecule has 0 saturated carbocycles. The van der Waals surface area contributed by atoms with Crippen molar-refractivity contribution in [2.24, 2.45) is 0 Å². The van der Waals surface area contributed by atoms with Crippen molar-refractivity contribution < 1.29 is 19.4 Å². The number of carbonyl (C=O) groups excluding carboxylic acids is 1. The van der Waals surface area contributed by atoms with E-state index in [-0.39, 0.29) is 24.5 Å². The van der Waals surface area contributed by atoms with Crippen LogP contribution in [0.4, 0.5) is 0 Å². The number of rotatable bonds is 6. The number of benzene rings is 3. The average molecular weight is 427 g/mol. The summed E-state index contributed by atoms with van der Waals surface area (Å²) < 4.78 is 12.3. The standard InChI is InChI=1S/C26H21NO5/c1-31-17-10-12-18(13-11-17)32-15-16(28)14-27-24-20-7-3-4-8-21(20)25(29)23(24)19-6-2-5-9-22(19)26(27)30/h2-13,16,28H,14-15H2,1H3. The van der Waals surface area contributed by atoms with E-state index in [9.17, 15) is 14.7 Å². The molecule has 0 bridgehead atoms. The van der Waals surface area contributed by atoms with Crippen LogP contribution in [-0.4, -0.2) is 35.3 Å². The number of aliphatic hydroxyl groups is 1. The van der Waals surface area contributed by atoms with E-state index in [1.807, 2.05) is 24.3 Å². The molecule has 5 rings (SSSR count). The van der Waals surface area contributed by atoms with Crippen molar-refractivity contribution >= 4 is 16.6 Å². The predicted molar refractivity (Wildman–Crippen MR) is 122 cm³/mol. The van der Waals surface area contributed by atoms with Gasteiger partial charge in [-0.05, 0) is 30.3 Å². The molecule has 4 aromatic rings. The molecule has 1 unspecified atom stereocenters. The number of nitrogens with zero attached hydrogens (tertiary/aromatic N) is 1. The van der Waals surface area contributed by atoms with Crippen LogP contribution in [0.15, 0.2) is 77.6 Å². The van der Waals surface area contributed by atoms with E-state index in [0.717, 1.165) is 0 Å². The number of aliphatic hydroxyl groups excluding tert-OH is 1. The maximum absolute atomic E-state index is 13.4. The third kappa shape index (κ3) is 3.25. The molecule has 3 aromatic carbocycles. The van der Waals surface area contributed by atoms with Gasteiger partial charge in [-0.2, -0.15) is 0 Å². The molecule has 6 heteroatoms. The lowest BCUT2D eigenvalue weighted by molar-refractivity contribution is 0.0919. The molecule has 0 aliphatic heterocycles. The summed E-state index contributed by atoms with van der Waals surface area (Å²) in [7, 11) is 1.59. The van der Waals surface area contributed by atoms with Crippen LogP contribution < -0.4 is 15.0 Å². The molecule has 1 heterocycles. The summed E-state index contributed by atoms with van der Waals surface area (Å²) in [5.41, 5.74) is 2.09. The molecular formula is C26H21NO5. The zero-order chi connectivity index (χ0) is 22.2. The number of carbonyl (C=O) groups is 1. The zero-order valence-electron chi connectivity index (χ0n) is 17.4. The van der Waals surface area contributed by atoms with Gasteiger partial charge in [-0.25, -0.2) is 0 Å². The molecule has 0 amide bonds. The summed E-state index contributed by atoms with van der Waals surface area (Å²) in [5, 5.41) is 11.8. The van der Waals surface area contributed by atoms with Gasteiger partial charge in [-0.3, -0.25) is 9.59 Å². The summed E-state index contributed by atoms with van der Waals surface area (Å²) in [6, 6.07) is 21.4. The van der Waals surface area contributed by atoms with E-state index in [1.54, 1.807) is 55.6 Å². The van der Waals surface area contributed by atoms with Crippen LogP contribution in [0.5, 0.6) is 11.5 Å². The Labute approximate surface area is 184 Å². The third-order valence-corrected chi connectivity index (χ3v) is 5.73. The molecule has 1 aliphatic carbocycles. The van der Waals surface area contributed by atoms with Crippen LogP contribution in [0.2, 0.25) is 0 Å². The highest BCUT2D eigenvalue weighted by Crippen LogP contribution is 2.39. The molecular weight excluding hydrogens is 406 g/mol. The van der Waals surface area contributed by atoms with Crippen molar-refractivity contribution in [1.29, 1.82) is 0 Å². The van der Waals surface area contributed by atoms with E-state index in [2.05, 4.69) is 0 Å². The fraction of sp³-hybridized carbons (Fsp3) is 0.154. The Hall–Kier alpha value is -3.90. The van der Waals surface area contributed by atoms with Gasteiger partial charge in [0.2, 0.25) is 0 Å². The molecule has 1 atom stereocenters.